The molecule has 0 spiro atoms. The van der Waals surface area contributed by atoms with Gasteiger partial charge < -0.3 is 57.0 Å². The molecule has 0 saturated heterocycles. The molecule has 1 unspecified atom stereocenters. The SMILES string of the molecule is CCNC(=O)CCC(CCN)NC(=O)CCCC(=O)NCCOCCOCC(=O)NCCOCCOCC(=O)NCCCCCC(N)=O. The summed E-state index contributed by atoms with van der Waals surface area (Å²) in [5.41, 5.74) is 10.7. The van der Waals surface area contributed by atoms with Gasteiger partial charge in [0.05, 0.1) is 39.6 Å². The number of hydrogen-bond acceptors (Lipinski definition) is 11. The standard InChI is InChI=1S/C31H59N7O10/c1-2-34-28(41)11-10-25(12-13-32)38-29(42)9-6-8-27(40)36-15-17-45-19-22-48-24-31(44)37-16-18-46-20-21-47-23-30(43)35-14-5-3-4-7-26(33)39/h25H,2-24,32H2,1H3,(H2,33,39)(H,34,41)(H,35,43)(H,36,40)(H,37,44)(H,38,42). The van der Waals surface area contributed by atoms with Gasteiger partial charge in [-0.2, -0.15) is 0 Å². The first-order chi connectivity index (χ1) is 23.2. The fraction of sp³-hybridized carbons (Fsp3) is 0.806. The highest BCUT2D eigenvalue weighted by atomic mass is 16.5. The second-order valence-electron chi connectivity index (χ2n) is 10.8. The summed E-state index contributed by atoms with van der Waals surface area (Å²) in [6, 6.07) is -0.176. The average Bonchev–Trinajstić information content (AvgIpc) is 3.04. The van der Waals surface area contributed by atoms with E-state index in [1.165, 1.54) is 0 Å². The van der Waals surface area contributed by atoms with Crippen LogP contribution in [0.4, 0.5) is 0 Å². The van der Waals surface area contributed by atoms with Gasteiger partial charge in [-0.25, -0.2) is 0 Å². The van der Waals surface area contributed by atoms with Crippen molar-refractivity contribution in [1.29, 1.82) is 0 Å². The number of carbonyl (C=O) groups excluding carboxylic acids is 6. The maximum Gasteiger partial charge on any atom is 0.246 e. The number of rotatable bonds is 33. The van der Waals surface area contributed by atoms with E-state index in [1.54, 1.807) is 0 Å². The highest BCUT2D eigenvalue weighted by Crippen LogP contribution is 2.04. The Bertz CT molecular complexity index is 911. The zero-order valence-corrected chi connectivity index (χ0v) is 28.6. The summed E-state index contributed by atoms with van der Waals surface area (Å²) in [6.07, 6.45) is 4.84. The van der Waals surface area contributed by atoms with Crippen molar-refractivity contribution in [1.82, 2.24) is 26.6 Å². The third kappa shape index (κ3) is 31.2. The predicted octanol–water partition coefficient (Wildman–Crippen LogP) is -1.63. The van der Waals surface area contributed by atoms with Crippen molar-refractivity contribution in [2.24, 2.45) is 11.5 Å². The summed E-state index contributed by atoms with van der Waals surface area (Å²) in [4.78, 5) is 70.0. The molecular weight excluding hydrogens is 630 g/mol. The molecule has 17 heteroatoms. The molecule has 0 aliphatic rings. The predicted molar refractivity (Wildman–Crippen MR) is 177 cm³/mol. The summed E-state index contributed by atoms with van der Waals surface area (Å²) < 4.78 is 21.2. The van der Waals surface area contributed by atoms with Crippen molar-refractivity contribution in [3.8, 4) is 0 Å². The zero-order valence-electron chi connectivity index (χ0n) is 28.6. The summed E-state index contributed by atoms with van der Waals surface area (Å²) in [5.74, 6) is -1.26. The maximum absolute atomic E-state index is 12.2. The molecule has 6 amide bonds. The summed E-state index contributed by atoms with van der Waals surface area (Å²) in [6.45, 7) is 5.28. The van der Waals surface area contributed by atoms with Gasteiger partial charge in [-0.1, -0.05) is 6.42 Å². The van der Waals surface area contributed by atoms with Crippen LogP contribution in [0, 0.1) is 0 Å². The van der Waals surface area contributed by atoms with E-state index in [2.05, 4.69) is 26.6 Å². The first-order valence-corrected chi connectivity index (χ1v) is 16.8. The Morgan fingerprint density at radius 3 is 1.67 bits per heavy atom. The lowest BCUT2D eigenvalue weighted by Crippen LogP contribution is -2.37. The lowest BCUT2D eigenvalue weighted by Gasteiger charge is -2.18. The molecule has 0 radical (unpaired) electrons. The van der Waals surface area contributed by atoms with Gasteiger partial charge in [0.15, 0.2) is 0 Å². The number of primary amides is 1. The van der Waals surface area contributed by atoms with E-state index >= 15 is 0 Å². The number of hydrogen-bond donors (Lipinski definition) is 7. The van der Waals surface area contributed by atoms with Crippen LogP contribution in [-0.4, -0.2) is 127 Å². The Kier molecular flexibility index (Phi) is 29.9. The Balaban J connectivity index is 3.58. The van der Waals surface area contributed by atoms with Crippen LogP contribution >= 0.6 is 0 Å². The summed E-state index contributed by atoms with van der Waals surface area (Å²) >= 11 is 0. The van der Waals surface area contributed by atoms with Gasteiger partial charge in [-0.05, 0) is 45.6 Å². The quantitative estimate of drug-likeness (QED) is 0.0385. The minimum Gasteiger partial charge on any atom is -0.377 e. The van der Waals surface area contributed by atoms with Gasteiger partial charge in [0.25, 0.3) is 0 Å². The van der Waals surface area contributed by atoms with E-state index in [-0.39, 0.29) is 107 Å². The molecule has 0 saturated carbocycles. The van der Waals surface area contributed by atoms with Crippen molar-refractivity contribution in [3.63, 3.8) is 0 Å². The molecular formula is C31H59N7O10. The molecule has 0 bridgehead atoms. The molecule has 48 heavy (non-hydrogen) atoms. The van der Waals surface area contributed by atoms with Crippen LogP contribution in [0.3, 0.4) is 0 Å². The van der Waals surface area contributed by atoms with Crippen LogP contribution < -0.4 is 38.1 Å². The Hall–Kier alpha value is -3.38. The maximum atomic E-state index is 12.2. The van der Waals surface area contributed by atoms with Crippen molar-refractivity contribution < 1.29 is 47.7 Å². The van der Waals surface area contributed by atoms with E-state index in [0.717, 1.165) is 12.8 Å². The third-order valence-electron chi connectivity index (χ3n) is 6.55. The van der Waals surface area contributed by atoms with E-state index in [9.17, 15) is 28.8 Å². The lowest BCUT2D eigenvalue weighted by atomic mass is 10.1. The van der Waals surface area contributed by atoms with Gasteiger partial charge in [0.2, 0.25) is 35.4 Å². The van der Waals surface area contributed by atoms with Crippen molar-refractivity contribution in [2.75, 3.05) is 85.6 Å². The molecule has 0 fully saturated rings. The second kappa shape index (κ2) is 32.2. The molecule has 17 nitrogen and oxygen atoms in total. The minimum absolute atomic E-state index is 0.0619. The highest BCUT2D eigenvalue weighted by Gasteiger charge is 2.14. The van der Waals surface area contributed by atoms with Crippen LogP contribution in [0.5, 0.6) is 0 Å². The number of amides is 6. The van der Waals surface area contributed by atoms with E-state index in [0.29, 0.717) is 71.2 Å². The number of nitrogens with one attached hydrogen (secondary N) is 5. The average molecular weight is 690 g/mol. The fourth-order valence-corrected chi connectivity index (χ4v) is 4.10. The third-order valence-corrected chi connectivity index (χ3v) is 6.55. The van der Waals surface area contributed by atoms with Gasteiger partial charge >= 0.3 is 0 Å². The Morgan fingerprint density at radius 2 is 1.08 bits per heavy atom. The molecule has 0 aliphatic heterocycles. The zero-order chi connectivity index (χ0) is 35.7. The smallest absolute Gasteiger partial charge is 0.246 e. The van der Waals surface area contributed by atoms with Crippen LogP contribution in [0.25, 0.3) is 0 Å². The number of ether oxygens (including phenoxy) is 4. The van der Waals surface area contributed by atoms with Crippen molar-refractivity contribution in [2.45, 2.75) is 77.2 Å². The number of nitrogens with two attached hydrogens (primary N) is 2. The van der Waals surface area contributed by atoms with E-state index in [4.69, 9.17) is 30.4 Å². The molecule has 0 rings (SSSR count). The molecule has 0 aromatic carbocycles. The van der Waals surface area contributed by atoms with Gasteiger partial charge in [0, 0.05) is 57.9 Å². The van der Waals surface area contributed by atoms with Crippen molar-refractivity contribution in [3.05, 3.63) is 0 Å². The molecule has 0 aromatic rings. The lowest BCUT2D eigenvalue weighted by molar-refractivity contribution is -0.127. The Labute approximate surface area is 284 Å². The first-order valence-electron chi connectivity index (χ1n) is 16.8. The fourth-order valence-electron chi connectivity index (χ4n) is 4.10. The summed E-state index contributed by atoms with van der Waals surface area (Å²) in [7, 11) is 0. The van der Waals surface area contributed by atoms with Gasteiger partial charge in [-0.15, -0.1) is 0 Å². The summed E-state index contributed by atoms with van der Waals surface area (Å²) in [5, 5.41) is 13.7. The largest absolute Gasteiger partial charge is 0.377 e. The van der Waals surface area contributed by atoms with Crippen molar-refractivity contribution >= 4 is 35.4 Å². The van der Waals surface area contributed by atoms with Crippen LogP contribution in [0.15, 0.2) is 0 Å². The van der Waals surface area contributed by atoms with Crippen LogP contribution in [0.2, 0.25) is 0 Å². The molecule has 0 aromatic heterocycles. The Morgan fingerprint density at radius 1 is 0.542 bits per heavy atom. The van der Waals surface area contributed by atoms with E-state index in [1.807, 2.05) is 6.92 Å². The number of unbranched alkanes of at least 4 members (excludes halogenated alkanes) is 2. The topological polar surface area (TPSA) is 252 Å². The van der Waals surface area contributed by atoms with Gasteiger partial charge in [0.1, 0.15) is 13.2 Å². The molecule has 9 N–H and O–H groups in total. The molecule has 0 aliphatic carbocycles. The second-order valence-corrected chi connectivity index (χ2v) is 10.8. The normalized spacial score (nSPS) is 11.4. The molecule has 1 atom stereocenters. The van der Waals surface area contributed by atoms with Crippen LogP contribution in [0.1, 0.15) is 71.1 Å². The van der Waals surface area contributed by atoms with E-state index < -0.39 is 0 Å². The number of carbonyl (C=O) groups is 6. The van der Waals surface area contributed by atoms with Crippen LogP contribution in [-0.2, 0) is 47.7 Å². The monoisotopic (exact) mass is 689 g/mol. The first kappa shape index (κ1) is 44.6. The minimum atomic E-state index is -0.321. The highest BCUT2D eigenvalue weighted by molar-refractivity contribution is 5.79. The molecule has 0 heterocycles. The molecule has 278 valence electrons. The van der Waals surface area contributed by atoms with Gasteiger partial charge in [-0.3, -0.25) is 28.8 Å².